The number of ether oxygens (including phenoxy) is 1. The Balaban J connectivity index is 1.99. The van der Waals surface area contributed by atoms with Gasteiger partial charge in [-0.1, -0.05) is 17.7 Å². The van der Waals surface area contributed by atoms with E-state index < -0.39 is 0 Å². The van der Waals surface area contributed by atoms with E-state index in [2.05, 4.69) is 10.3 Å². The van der Waals surface area contributed by atoms with Crippen LogP contribution in [0.2, 0.25) is 5.02 Å². The molecule has 1 aromatic carbocycles. The van der Waals surface area contributed by atoms with Gasteiger partial charge in [0.15, 0.2) is 0 Å². The highest BCUT2D eigenvalue weighted by molar-refractivity contribution is 6.31. The zero-order chi connectivity index (χ0) is 18.2. The summed E-state index contributed by atoms with van der Waals surface area (Å²) in [5.41, 5.74) is 1.32. The fraction of sp³-hybridized carbons (Fsp3) is 0.278. The number of pyridine rings is 1. The standard InChI is InChI=1S/C18H20ClN3O3/c1-13(23)22(16-11-14(19)6-7-17(16)25-2)10-8-18(24)21-12-15-5-3-4-9-20-15/h3-7,9,11H,8,10,12H2,1-2H3,(H,21,24). The quantitative estimate of drug-likeness (QED) is 0.823. The van der Waals surface area contributed by atoms with Crippen LogP contribution in [-0.4, -0.2) is 30.5 Å². The van der Waals surface area contributed by atoms with Gasteiger partial charge >= 0.3 is 0 Å². The molecule has 1 heterocycles. The fourth-order valence-electron chi connectivity index (χ4n) is 2.32. The predicted octanol–water partition coefficient (Wildman–Crippen LogP) is 2.80. The Hall–Kier alpha value is -2.60. The van der Waals surface area contributed by atoms with Crippen molar-refractivity contribution in [2.75, 3.05) is 18.6 Å². The summed E-state index contributed by atoms with van der Waals surface area (Å²) in [7, 11) is 1.52. The number of hydrogen-bond acceptors (Lipinski definition) is 4. The molecular weight excluding hydrogens is 342 g/mol. The molecule has 7 heteroatoms. The highest BCUT2D eigenvalue weighted by Gasteiger charge is 2.18. The summed E-state index contributed by atoms with van der Waals surface area (Å²) in [4.78, 5) is 29.7. The molecule has 2 aromatic rings. The van der Waals surface area contributed by atoms with Crippen LogP contribution in [0, 0.1) is 0 Å². The number of hydrogen-bond donors (Lipinski definition) is 1. The predicted molar refractivity (Wildman–Crippen MR) is 96.7 cm³/mol. The maximum atomic E-state index is 12.1. The van der Waals surface area contributed by atoms with Gasteiger partial charge in [-0.2, -0.15) is 0 Å². The number of amides is 2. The van der Waals surface area contributed by atoms with Crippen LogP contribution in [0.4, 0.5) is 5.69 Å². The Morgan fingerprint density at radius 3 is 2.72 bits per heavy atom. The van der Waals surface area contributed by atoms with Gasteiger partial charge in [-0.05, 0) is 30.3 Å². The van der Waals surface area contributed by atoms with E-state index in [9.17, 15) is 9.59 Å². The van der Waals surface area contributed by atoms with Crippen molar-refractivity contribution >= 4 is 29.1 Å². The summed E-state index contributed by atoms with van der Waals surface area (Å²) < 4.78 is 5.28. The van der Waals surface area contributed by atoms with Crippen LogP contribution in [0.25, 0.3) is 0 Å². The van der Waals surface area contributed by atoms with Crippen molar-refractivity contribution in [2.24, 2.45) is 0 Å². The van der Waals surface area contributed by atoms with Crippen LogP contribution in [0.5, 0.6) is 5.75 Å². The minimum Gasteiger partial charge on any atom is -0.495 e. The Morgan fingerprint density at radius 1 is 1.28 bits per heavy atom. The topological polar surface area (TPSA) is 71.5 Å². The van der Waals surface area contributed by atoms with Crippen LogP contribution in [0.3, 0.4) is 0 Å². The van der Waals surface area contributed by atoms with Crippen molar-refractivity contribution in [1.82, 2.24) is 10.3 Å². The second-order valence-electron chi connectivity index (χ2n) is 5.33. The second kappa shape index (κ2) is 9.03. The molecule has 132 valence electrons. The van der Waals surface area contributed by atoms with Crippen molar-refractivity contribution in [2.45, 2.75) is 19.9 Å². The fourth-order valence-corrected chi connectivity index (χ4v) is 2.48. The number of halogens is 1. The SMILES string of the molecule is COc1ccc(Cl)cc1N(CCC(=O)NCc1ccccn1)C(C)=O. The van der Waals surface area contributed by atoms with E-state index in [1.54, 1.807) is 24.4 Å². The molecule has 2 rings (SSSR count). The summed E-state index contributed by atoms with van der Waals surface area (Å²) in [5.74, 6) is 0.157. The maximum absolute atomic E-state index is 12.1. The van der Waals surface area contributed by atoms with Gasteiger partial charge in [0.2, 0.25) is 11.8 Å². The molecule has 0 atom stereocenters. The molecule has 25 heavy (non-hydrogen) atoms. The molecule has 0 saturated heterocycles. The lowest BCUT2D eigenvalue weighted by molar-refractivity contribution is -0.121. The summed E-state index contributed by atoms with van der Waals surface area (Å²) in [6.07, 6.45) is 1.83. The van der Waals surface area contributed by atoms with Crippen LogP contribution < -0.4 is 15.0 Å². The molecular formula is C18H20ClN3O3. The van der Waals surface area contributed by atoms with Crippen LogP contribution in [0.1, 0.15) is 19.0 Å². The van der Waals surface area contributed by atoms with Crippen molar-refractivity contribution in [1.29, 1.82) is 0 Å². The molecule has 2 amide bonds. The van der Waals surface area contributed by atoms with E-state index in [0.29, 0.717) is 23.0 Å². The lowest BCUT2D eigenvalue weighted by Gasteiger charge is -2.23. The second-order valence-corrected chi connectivity index (χ2v) is 5.77. The summed E-state index contributed by atoms with van der Waals surface area (Å²) >= 11 is 6.02. The number of anilines is 1. The molecule has 1 aromatic heterocycles. The Bertz CT molecular complexity index is 738. The molecule has 1 N–H and O–H groups in total. The van der Waals surface area contributed by atoms with Gasteiger partial charge in [-0.15, -0.1) is 0 Å². The molecule has 0 bridgehead atoms. The summed E-state index contributed by atoms with van der Waals surface area (Å²) in [6.45, 7) is 2.01. The first-order chi connectivity index (χ1) is 12.0. The van der Waals surface area contributed by atoms with Crippen LogP contribution in [-0.2, 0) is 16.1 Å². The van der Waals surface area contributed by atoms with E-state index in [4.69, 9.17) is 16.3 Å². The number of carbonyl (C=O) groups excluding carboxylic acids is 2. The Morgan fingerprint density at radius 2 is 2.08 bits per heavy atom. The van der Waals surface area contributed by atoms with Crippen LogP contribution in [0.15, 0.2) is 42.6 Å². The van der Waals surface area contributed by atoms with E-state index in [1.807, 2.05) is 18.2 Å². The third-order valence-corrected chi connectivity index (χ3v) is 3.80. The van der Waals surface area contributed by atoms with Crippen molar-refractivity contribution < 1.29 is 14.3 Å². The van der Waals surface area contributed by atoms with Gasteiger partial charge in [0.1, 0.15) is 5.75 Å². The van der Waals surface area contributed by atoms with Crippen LogP contribution >= 0.6 is 11.6 Å². The van der Waals surface area contributed by atoms with Gasteiger partial charge < -0.3 is 15.0 Å². The van der Waals surface area contributed by atoms with E-state index >= 15 is 0 Å². The number of carbonyl (C=O) groups is 2. The van der Waals surface area contributed by atoms with E-state index in [-0.39, 0.29) is 24.8 Å². The third kappa shape index (κ3) is 5.46. The first-order valence-electron chi connectivity index (χ1n) is 7.79. The molecule has 0 spiro atoms. The molecule has 0 unspecified atom stereocenters. The highest BCUT2D eigenvalue weighted by Crippen LogP contribution is 2.31. The van der Waals surface area contributed by atoms with Crippen molar-refractivity contribution in [3.63, 3.8) is 0 Å². The average molecular weight is 362 g/mol. The number of rotatable bonds is 7. The lowest BCUT2D eigenvalue weighted by atomic mass is 10.2. The minimum atomic E-state index is -0.196. The van der Waals surface area contributed by atoms with Gasteiger partial charge in [-0.25, -0.2) is 0 Å². The third-order valence-electron chi connectivity index (χ3n) is 3.57. The van der Waals surface area contributed by atoms with Gasteiger partial charge in [-0.3, -0.25) is 14.6 Å². The molecule has 0 aliphatic heterocycles. The van der Waals surface area contributed by atoms with Gasteiger partial charge in [0.05, 0.1) is 25.0 Å². The first kappa shape index (κ1) is 18.7. The van der Waals surface area contributed by atoms with Gasteiger partial charge in [0, 0.05) is 31.1 Å². The number of nitrogens with one attached hydrogen (secondary N) is 1. The zero-order valence-electron chi connectivity index (χ0n) is 14.2. The maximum Gasteiger partial charge on any atom is 0.223 e. The minimum absolute atomic E-state index is 0.155. The molecule has 6 nitrogen and oxygen atoms in total. The molecule has 0 aliphatic rings. The van der Waals surface area contributed by atoms with Gasteiger partial charge in [0.25, 0.3) is 0 Å². The largest absolute Gasteiger partial charge is 0.495 e. The van der Waals surface area contributed by atoms with E-state index in [0.717, 1.165) is 5.69 Å². The zero-order valence-corrected chi connectivity index (χ0v) is 14.9. The number of methoxy groups -OCH3 is 1. The Labute approximate surface area is 151 Å². The summed E-state index contributed by atoms with van der Waals surface area (Å²) in [6, 6.07) is 10.5. The normalized spacial score (nSPS) is 10.2. The average Bonchev–Trinajstić information content (AvgIpc) is 2.61. The highest BCUT2D eigenvalue weighted by atomic mass is 35.5. The molecule has 0 aliphatic carbocycles. The van der Waals surface area contributed by atoms with Crippen molar-refractivity contribution in [3.8, 4) is 5.75 Å². The Kier molecular flexibility index (Phi) is 6.77. The molecule has 0 radical (unpaired) electrons. The molecule has 0 fully saturated rings. The first-order valence-corrected chi connectivity index (χ1v) is 8.17. The number of nitrogens with zero attached hydrogens (tertiary/aromatic N) is 2. The number of aromatic nitrogens is 1. The lowest BCUT2D eigenvalue weighted by Crippen LogP contribution is -2.34. The summed E-state index contributed by atoms with van der Waals surface area (Å²) in [5, 5.41) is 3.28. The number of benzene rings is 1. The van der Waals surface area contributed by atoms with Crippen molar-refractivity contribution in [3.05, 3.63) is 53.3 Å². The smallest absolute Gasteiger partial charge is 0.223 e. The molecule has 0 saturated carbocycles. The monoisotopic (exact) mass is 361 g/mol. The van der Waals surface area contributed by atoms with E-state index in [1.165, 1.54) is 18.9 Å².